The number of benzene rings is 2. The Hall–Kier alpha value is -4.00. The van der Waals surface area contributed by atoms with Crippen LogP contribution in [-0.2, 0) is 15.4 Å². The van der Waals surface area contributed by atoms with Crippen molar-refractivity contribution in [2.75, 3.05) is 10.0 Å². The van der Waals surface area contributed by atoms with E-state index in [9.17, 15) is 26.4 Å². The maximum Gasteiger partial charge on any atom is 0.398 e. The number of anilines is 2. The van der Waals surface area contributed by atoms with E-state index in [1.54, 1.807) is 6.92 Å². The smallest absolute Gasteiger partial charge is 0.324 e. The van der Waals surface area contributed by atoms with Crippen molar-refractivity contribution in [1.82, 2.24) is 19.9 Å². The van der Waals surface area contributed by atoms with Gasteiger partial charge in [-0.05, 0) is 55.7 Å². The summed E-state index contributed by atoms with van der Waals surface area (Å²) in [5, 5.41) is 2.54. The molecule has 0 spiro atoms. The molecule has 1 fully saturated rings. The molecular formula is C23H19F3N6O3S. The average molecular weight is 517 g/mol. The molecule has 1 aliphatic carbocycles. The molecule has 0 radical (unpaired) electrons. The van der Waals surface area contributed by atoms with Gasteiger partial charge in [0.25, 0.3) is 15.9 Å². The second kappa shape index (κ2) is 8.29. The van der Waals surface area contributed by atoms with E-state index in [0.717, 1.165) is 0 Å². The van der Waals surface area contributed by atoms with Crippen LogP contribution < -0.4 is 10.0 Å². The maximum absolute atomic E-state index is 13.3. The third kappa shape index (κ3) is 4.37. The van der Waals surface area contributed by atoms with Crippen LogP contribution in [0.4, 0.5) is 24.8 Å². The number of amides is 1. The summed E-state index contributed by atoms with van der Waals surface area (Å²) in [6.45, 7) is 1.74. The van der Waals surface area contributed by atoms with Gasteiger partial charge in [-0.2, -0.15) is 13.2 Å². The summed E-state index contributed by atoms with van der Waals surface area (Å²) in [7, 11) is -4.05. The zero-order valence-corrected chi connectivity index (χ0v) is 19.5. The lowest BCUT2D eigenvalue weighted by Crippen LogP contribution is -2.28. The third-order valence-corrected chi connectivity index (χ3v) is 7.37. The van der Waals surface area contributed by atoms with E-state index in [0.29, 0.717) is 16.7 Å². The van der Waals surface area contributed by atoms with Crippen LogP contribution in [-0.4, -0.2) is 40.4 Å². The van der Waals surface area contributed by atoms with E-state index in [-0.39, 0.29) is 40.6 Å². The Morgan fingerprint density at radius 2 is 1.78 bits per heavy atom. The first kappa shape index (κ1) is 23.7. The largest absolute Gasteiger partial charge is 0.398 e. The Morgan fingerprint density at radius 3 is 2.39 bits per heavy atom. The standard InChI is InChI=1S/C23H19F3N6O3S/c1-13-11-28-19(12-27-13)20(33)31-21-29-17-7-6-16(10-18(17)30-21)36(34,35)32-15-4-2-14(3-5-15)22(8-9-22)23(24,25)26/h2-7,10-12,32H,8-9H2,1H3,(H2,29,30,31,33). The minimum absolute atomic E-state index is 0.0205. The number of aryl methyl sites for hydroxylation is 1. The Bertz CT molecular complexity index is 1560. The number of hydrogen-bond donors (Lipinski definition) is 3. The van der Waals surface area contributed by atoms with Crippen molar-refractivity contribution in [3.8, 4) is 0 Å². The van der Waals surface area contributed by atoms with Crippen LogP contribution in [0.2, 0.25) is 0 Å². The first-order chi connectivity index (χ1) is 17.0. The van der Waals surface area contributed by atoms with Gasteiger partial charge >= 0.3 is 6.18 Å². The van der Waals surface area contributed by atoms with Crippen molar-refractivity contribution >= 4 is 38.6 Å². The summed E-state index contributed by atoms with van der Waals surface area (Å²) in [6, 6.07) is 9.35. The van der Waals surface area contributed by atoms with E-state index >= 15 is 0 Å². The number of sulfonamides is 1. The van der Waals surface area contributed by atoms with E-state index in [1.165, 1.54) is 54.9 Å². The highest BCUT2D eigenvalue weighted by Gasteiger charge is 2.64. The van der Waals surface area contributed by atoms with Gasteiger partial charge in [0, 0.05) is 11.9 Å². The number of alkyl halides is 3. The van der Waals surface area contributed by atoms with Crippen LogP contribution in [0.25, 0.3) is 11.0 Å². The first-order valence-electron chi connectivity index (χ1n) is 10.8. The molecule has 0 unspecified atom stereocenters. The van der Waals surface area contributed by atoms with Gasteiger partial charge in [-0.3, -0.25) is 19.8 Å². The van der Waals surface area contributed by atoms with E-state index in [1.807, 2.05) is 0 Å². The molecule has 3 N–H and O–H groups in total. The van der Waals surface area contributed by atoms with Gasteiger partial charge in [0.05, 0.1) is 33.2 Å². The van der Waals surface area contributed by atoms with Crippen molar-refractivity contribution in [3.05, 3.63) is 71.8 Å². The molecule has 0 bridgehead atoms. The van der Waals surface area contributed by atoms with E-state index in [2.05, 4.69) is 30.0 Å². The Kier molecular flexibility index (Phi) is 5.47. The predicted molar refractivity (Wildman–Crippen MR) is 125 cm³/mol. The molecule has 1 aliphatic rings. The average Bonchev–Trinajstić information content (AvgIpc) is 3.54. The molecule has 1 amide bonds. The second-order valence-corrected chi connectivity index (χ2v) is 10.2. The number of carbonyl (C=O) groups excluding carboxylic acids is 1. The number of halogens is 3. The SMILES string of the molecule is Cc1cnc(C(=O)Nc2nc3ccc(S(=O)(=O)Nc4ccc(C5(C(F)(F)F)CC5)cc4)cc3[nH]2)cn1. The molecule has 4 aromatic rings. The summed E-state index contributed by atoms with van der Waals surface area (Å²) in [5.74, 6) is -0.452. The molecular weight excluding hydrogens is 497 g/mol. The first-order valence-corrected chi connectivity index (χ1v) is 12.3. The molecule has 0 atom stereocenters. The summed E-state index contributed by atoms with van der Waals surface area (Å²) in [5.41, 5.74) is -0.0968. The lowest BCUT2D eigenvalue weighted by atomic mass is 9.95. The number of nitrogens with zero attached hydrogens (tertiary/aromatic N) is 3. The van der Waals surface area contributed by atoms with Crippen LogP contribution in [0.1, 0.15) is 34.6 Å². The van der Waals surface area contributed by atoms with Crippen molar-refractivity contribution in [2.45, 2.75) is 36.3 Å². The van der Waals surface area contributed by atoms with Crippen molar-refractivity contribution in [3.63, 3.8) is 0 Å². The zero-order chi connectivity index (χ0) is 25.7. The minimum atomic E-state index is -4.35. The fraction of sp³-hybridized carbons (Fsp3) is 0.217. The quantitative estimate of drug-likeness (QED) is 0.350. The highest BCUT2D eigenvalue weighted by Crippen LogP contribution is 2.58. The molecule has 13 heteroatoms. The maximum atomic E-state index is 13.3. The molecule has 0 aliphatic heterocycles. The molecule has 36 heavy (non-hydrogen) atoms. The lowest BCUT2D eigenvalue weighted by molar-refractivity contribution is -0.160. The van der Waals surface area contributed by atoms with E-state index in [4.69, 9.17) is 0 Å². The van der Waals surface area contributed by atoms with Gasteiger partial charge in [-0.1, -0.05) is 12.1 Å². The molecule has 2 heterocycles. The Labute approximate surface area is 203 Å². The number of aromatic nitrogens is 4. The summed E-state index contributed by atoms with van der Waals surface area (Å²) < 4.78 is 68.1. The van der Waals surface area contributed by atoms with Gasteiger partial charge in [0.2, 0.25) is 5.95 Å². The highest BCUT2D eigenvalue weighted by atomic mass is 32.2. The fourth-order valence-electron chi connectivity index (χ4n) is 3.83. The molecule has 2 aromatic heterocycles. The number of H-pyrrole nitrogens is 1. The molecule has 1 saturated carbocycles. The van der Waals surface area contributed by atoms with Crippen molar-refractivity contribution in [1.29, 1.82) is 0 Å². The highest BCUT2D eigenvalue weighted by molar-refractivity contribution is 7.92. The number of rotatable bonds is 6. The number of hydrogen-bond acceptors (Lipinski definition) is 6. The topological polar surface area (TPSA) is 130 Å². The predicted octanol–water partition coefficient (Wildman–Crippen LogP) is 4.31. The van der Waals surface area contributed by atoms with Gasteiger partial charge in [0.1, 0.15) is 5.69 Å². The number of carbonyl (C=O) groups is 1. The Morgan fingerprint density at radius 1 is 1.06 bits per heavy atom. The normalized spacial score (nSPS) is 15.0. The number of nitrogens with one attached hydrogen (secondary N) is 3. The second-order valence-electron chi connectivity index (χ2n) is 8.52. The molecule has 9 nitrogen and oxygen atoms in total. The van der Waals surface area contributed by atoms with Gasteiger partial charge < -0.3 is 4.98 Å². The fourth-order valence-corrected chi connectivity index (χ4v) is 4.91. The number of aromatic amines is 1. The molecule has 2 aromatic carbocycles. The lowest BCUT2D eigenvalue weighted by Gasteiger charge is -2.20. The molecule has 0 saturated heterocycles. The van der Waals surface area contributed by atoms with Gasteiger partial charge in [0.15, 0.2) is 0 Å². The van der Waals surface area contributed by atoms with Crippen LogP contribution in [0.5, 0.6) is 0 Å². The zero-order valence-electron chi connectivity index (χ0n) is 18.7. The Balaban J connectivity index is 1.33. The number of imidazole rings is 1. The van der Waals surface area contributed by atoms with Crippen LogP contribution in [0.15, 0.2) is 59.8 Å². The van der Waals surface area contributed by atoms with Crippen LogP contribution >= 0.6 is 0 Å². The van der Waals surface area contributed by atoms with Gasteiger partial charge in [-0.25, -0.2) is 18.4 Å². The third-order valence-electron chi connectivity index (χ3n) is 5.99. The number of fused-ring (bicyclic) bond motifs is 1. The van der Waals surface area contributed by atoms with Crippen LogP contribution in [0.3, 0.4) is 0 Å². The monoisotopic (exact) mass is 516 g/mol. The van der Waals surface area contributed by atoms with Crippen molar-refractivity contribution < 1.29 is 26.4 Å². The summed E-state index contributed by atoms with van der Waals surface area (Å²) in [4.78, 5) is 27.3. The summed E-state index contributed by atoms with van der Waals surface area (Å²) in [6.07, 6.45) is -1.53. The minimum Gasteiger partial charge on any atom is -0.324 e. The van der Waals surface area contributed by atoms with Gasteiger partial charge in [-0.15, -0.1) is 0 Å². The van der Waals surface area contributed by atoms with Crippen molar-refractivity contribution in [2.24, 2.45) is 0 Å². The van der Waals surface area contributed by atoms with Crippen LogP contribution in [0, 0.1) is 6.92 Å². The molecule has 5 rings (SSSR count). The summed E-state index contributed by atoms with van der Waals surface area (Å²) >= 11 is 0. The van der Waals surface area contributed by atoms with E-state index < -0.39 is 27.5 Å². The molecule has 186 valence electrons.